The lowest BCUT2D eigenvalue weighted by molar-refractivity contribution is -0.125. The molecule has 124 valence electrons. The van der Waals surface area contributed by atoms with Gasteiger partial charge >= 0.3 is 0 Å². The monoisotopic (exact) mass is 306 g/mol. The summed E-state index contributed by atoms with van der Waals surface area (Å²) in [6.07, 6.45) is 12.2. The first kappa shape index (κ1) is 17.0. The van der Waals surface area contributed by atoms with E-state index in [1.807, 2.05) is 24.9 Å². The number of amides is 1. The lowest BCUT2D eigenvalue weighted by Gasteiger charge is -2.26. The Morgan fingerprint density at radius 3 is 2.64 bits per heavy atom. The number of aryl methyl sites for hydroxylation is 2. The minimum atomic E-state index is 0.0106. The van der Waals surface area contributed by atoms with Gasteiger partial charge in [0.25, 0.3) is 0 Å². The van der Waals surface area contributed by atoms with E-state index in [9.17, 15) is 4.79 Å². The quantitative estimate of drug-likeness (QED) is 0.785. The largest absolute Gasteiger partial charge is 0.355 e. The zero-order valence-corrected chi connectivity index (χ0v) is 14.1. The molecule has 2 rings (SSSR count). The van der Waals surface area contributed by atoms with Crippen LogP contribution in [0.5, 0.6) is 0 Å². The molecular formula is C17H30N4O. The topological polar surface area (TPSA) is 50.2 Å². The number of carbonyl (C=O) groups excluding carboxylic acids is 1. The third-order valence-corrected chi connectivity index (χ3v) is 4.52. The number of hydrogen-bond acceptors (Lipinski definition) is 3. The summed E-state index contributed by atoms with van der Waals surface area (Å²) in [7, 11) is 1.94. The summed E-state index contributed by atoms with van der Waals surface area (Å²) >= 11 is 0. The highest BCUT2D eigenvalue weighted by Gasteiger charge is 2.21. The van der Waals surface area contributed by atoms with Crippen molar-refractivity contribution in [3.63, 3.8) is 0 Å². The van der Waals surface area contributed by atoms with Crippen LogP contribution in [0, 0.1) is 0 Å². The maximum absolute atomic E-state index is 12.2. The van der Waals surface area contributed by atoms with Gasteiger partial charge in [0.2, 0.25) is 5.91 Å². The Bertz CT molecular complexity index is 449. The lowest BCUT2D eigenvalue weighted by Crippen LogP contribution is -2.45. The zero-order valence-electron chi connectivity index (χ0n) is 14.1. The molecular weight excluding hydrogens is 276 g/mol. The van der Waals surface area contributed by atoms with Crippen molar-refractivity contribution in [3.05, 3.63) is 18.0 Å². The van der Waals surface area contributed by atoms with Crippen molar-refractivity contribution in [2.75, 3.05) is 19.6 Å². The smallest absolute Gasteiger partial charge is 0.237 e. The Balaban J connectivity index is 1.60. The lowest BCUT2D eigenvalue weighted by atomic mass is 10.1. The van der Waals surface area contributed by atoms with Crippen LogP contribution < -0.4 is 5.32 Å². The molecule has 5 nitrogen and oxygen atoms in total. The number of unbranched alkanes of at least 4 members (excludes halogenated alkanes) is 1. The summed E-state index contributed by atoms with van der Waals surface area (Å²) in [6.45, 7) is 4.94. The number of likely N-dealkylation sites (tertiary alicyclic amines) is 1. The average Bonchev–Trinajstić information content (AvgIpc) is 2.77. The Labute approximate surface area is 134 Å². The second kappa shape index (κ2) is 8.93. The fraction of sp³-hybridized carbons (Fsp3) is 0.765. The molecule has 1 fully saturated rings. The standard InChI is InChI=1S/C17H30N4O/c1-15(21-11-7-3-4-8-12-21)17(22)18-10-6-5-9-16-13-19-20(2)14-16/h13-15H,3-12H2,1-2H3,(H,18,22)/t15-/m1/s1. The minimum absolute atomic E-state index is 0.0106. The first-order valence-electron chi connectivity index (χ1n) is 8.66. The second-order valence-electron chi connectivity index (χ2n) is 6.40. The normalized spacial score (nSPS) is 17.9. The molecule has 1 saturated heterocycles. The first-order chi connectivity index (χ1) is 10.7. The molecule has 0 radical (unpaired) electrons. The molecule has 1 aromatic heterocycles. The van der Waals surface area contributed by atoms with Crippen LogP contribution in [0.3, 0.4) is 0 Å². The van der Waals surface area contributed by atoms with E-state index in [-0.39, 0.29) is 11.9 Å². The summed E-state index contributed by atoms with van der Waals surface area (Å²) < 4.78 is 1.83. The first-order valence-corrected chi connectivity index (χ1v) is 8.66. The molecule has 2 heterocycles. The van der Waals surface area contributed by atoms with Crippen LogP contribution in [0.15, 0.2) is 12.4 Å². The summed E-state index contributed by atoms with van der Waals surface area (Å²) in [5, 5.41) is 7.26. The molecule has 0 aliphatic carbocycles. The summed E-state index contributed by atoms with van der Waals surface area (Å²) in [6, 6.07) is 0.0106. The van der Waals surface area contributed by atoms with Gasteiger partial charge in [-0.3, -0.25) is 14.4 Å². The molecule has 22 heavy (non-hydrogen) atoms. The highest BCUT2D eigenvalue weighted by atomic mass is 16.2. The van der Waals surface area contributed by atoms with Gasteiger partial charge in [-0.2, -0.15) is 5.10 Å². The van der Waals surface area contributed by atoms with Crippen molar-refractivity contribution in [3.8, 4) is 0 Å². The van der Waals surface area contributed by atoms with E-state index >= 15 is 0 Å². The van der Waals surface area contributed by atoms with E-state index in [0.29, 0.717) is 0 Å². The third-order valence-electron chi connectivity index (χ3n) is 4.52. The van der Waals surface area contributed by atoms with Gasteiger partial charge in [0.15, 0.2) is 0 Å². The second-order valence-corrected chi connectivity index (χ2v) is 6.40. The number of hydrogen-bond donors (Lipinski definition) is 1. The van der Waals surface area contributed by atoms with Crippen LogP contribution in [0.25, 0.3) is 0 Å². The van der Waals surface area contributed by atoms with Crippen molar-refractivity contribution in [2.24, 2.45) is 7.05 Å². The molecule has 5 heteroatoms. The third kappa shape index (κ3) is 5.44. The molecule has 0 bridgehead atoms. The van der Waals surface area contributed by atoms with Crippen molar-refractivity contribution in [1.29, 1.82) is 0 Å². The molecule has 1 aliphatic rings. The molecule has 0 aromatic carbocycles. The highest BCUT2D eigenvalue weighted by Crippen LogP contribution is 2.12. The summed E-state index contributed by atoms with van der Waals surface area (Å²) in [4.78, 5) is 14.6. The van der Waals surface area contributed by atoms with Crippen molar-refractivity contribution in [1.82, 2.24) is 20.0 Å². The van der Waals surface area contributed by atoms with E-state index in [1.165, 1.54) is 31.2 Å². The SMILES string of the molecule is C[C@H](C(=O)NCCCCc1cnn(C)c1)N1CCCCCC1. The van der Waals surface area contributed by atoms with E-state index in [2.05, 4.69) is 21.5 Å². The number of nitrogens with one attached hydrogen (secondary N) is 1. The van der Waals surface area contributed by atoms with Gasteiger partial charge in [-0.05, 0) is 57.7 Å². The van der Waals surface area contributed by atoms with Crippen LogP contribution in [-0.2, 0) is 18.3 Å². The van der Waals surface area contributed by atoms with Crippen LogP contribution in [0.2, 0.25) is 0 Å². The summed E-state index contributed by atoms with van der Waals surface area (Å²) in [5.41, 5.74) is 1.27. The van der Waals surface area contributed by atoms with Gasteiger partial charge in [-0.15, -0.1) is 0 Å². The van der Waals surface area contributed by atoms with Gasteiger partial charge in [-0.25, -0.2) is 0 Å². The predicted octanol–water partition coefficient (Wildman–Crippen LogP) is 2.12. The fourth-order valence-corrected chi connectivity index (χ4v) is 3.06. The van der Waals surface area contributed by atoms with E-state index < -0.39 is 0 Å². The molecule has 1 atom stereocenters. The number of nitrogens with zero attached hydrogens (tertiary/aromatic N) is 3. The van der Waals surface area contributed by atoms with E-state index in [1.54, 1.807) is 0 Å². The van der Waals surface area contributed by atoms with Crippen LogP contribution >= 0.6 is 0 Å². The van der Waals surface area contributed by atoms with Gasteiger partial charge in [0.05, 0.1) is 12.2 Å². The van der Waals surface area contributed by atoms with Gasteiger partial charge in [0.1, 0.15) is 0 Å². The molecule has 0 saturated carbocycles. The number of aromatic nitrogens is 2. The van der Waals surface area contributed by atoms with Crippen molar-refractivity contribution in [2.45, 2.75) is 57.9 Å². The van der Waals surface area contributed by atoms with Crippen LogP contribution in [0.4, 0.5) is 0 Å². The van der Waals surface area contributed by atoms with E-state index in [0.717, 1.165) is 38.9 Å². The Morgan fingerprint density at radius 2 is 2.00 bits per heavy atom. The Hall–Kier alpha value is -1.36. The average molecular weight is 306 g/mol. The summed E-state index contributed by atoms with van der Waals surface area (Å²) in [5.74, 6) is 0.184. The predicted molar refractivity (Wildman–Crippen MR) is 88.7 cm³/mol. The van der Waals surface area contributed by atoms with Gasteiger partial charge < -0.3 is 5.32 Å². The molecule has 0 spiro atoms. The van der Waals surface area contributed by atoms with Crippen molar-refractivity contribution >= 4 is 5.91 Å². The van der Waals surface area contributed by atoms with Gasteiger partial charge in [0, 0.05) is 19.8 Å². The Morgan fingerprint density at radius 1 is 1.27 bits per heavy atom. The minimum Gasteiger partial charge on any atom is -0.355 e. The molecule has 1 aliphatic heterocycles. The highest BCUT2D eigenvalue weighted by molar-refractivity contribution is 5.81. The van der Waals surface area contributed by atoms with E-state index in [4.69, 9.17) is 0 Å². The maximum atomic E-state index is 12.2. The van der Waals surface area contributed by atoms with Crippen LogP contribution in [-0.4, -0.2) is 46.3 Å². The molecule has 0 unspecified atom stereocenters. The van der Waals surface area contributed by atoms with Crippen LogP contribution in [0.1, 0.15) is 51.0 Å². The van der Waals surface area contributed by atoms with Crippen molar-refractivity contribution < 1.29 is 4.79 Å². The molecule has 1 amide bonds. The molecule has 1 N–H and O–H groups in total. The molecule has 1 aromatic rings. The zero-order chi connectivity index (χ0) is 15.8. The fourth-order valence-electron chi connectivity index (χ4n) is 3.06. The number of rotatable bonds is 7. The number of carbonyl (C=O) groups is 1. The Kier molecular flexibility index (Phi) is 6.90. The van der Waals surface area contributed by atoms with Gasteiger partial charge in [-0.1, -0.05) is 12.8 Å². The maximum Gasteiger partial charge on any atom is 0.237 e.